The summed E-state index contributed by atoms with van der Waals surface area (Å²) in [6.45, 7) is 0.682. The Labute approximate surface area is 109 Å². The molecule has 0 bridgehead atoms. The van der Waals surface area contributed by atoms with Gasteiger partial charge in [0.05, 0.1) is 0 Å². The summed E-state index contributed by atoms with van der Waals surface area (Å²) in [6, 6.07) is 7.53. The highest BCUT2D eigenvalue weighted by molar-refractivity contribution is 7.09. The van der Waals surface area contributed by atoms with Crippen LogP contribution in [0.1, 0.15) is 11.1 Å². The number of benzene rings is 1. The van der Waals surface area contributed by atoms with Crippen molar-refractivity contribution in [1.29, 1.82) is 0 Å². The molecule has 0 aliphatic carbocycles. The van der Waals surface area contributed by atoms with Crippen molar-refractivity contribution in [3.8, 4) is 0 Å². The third kappa shape index (κ3) is 2.75. The average molecular weight is 263 g/mol. The van der Waals surface area contributed by atoms with E-state index in [2.05, 4.69) is 14.5 Å². The first-order chi connectivity index (χ1) is 8.70. The maximum absolute atomic E-state index is 8.65. The van der Waals surface area contributed by atoms with Crippen LogP contribution in [0.15, 0.2) is 35.7 Å². The smallest absolute Gasteiger partial charge is 0.204 e. The summed E-state index contributed by atoms with van der Waals surface area (Å²) < 4.78 is 3.96. The standard InChI is InChI=1S/C11H13N5OS/c1-16(11-13-7-14-18-11)6-8-3-2-4-9(5-8)10(12)15-17/h2-5,7,17H,6H2,1H3,(H2,12,15). The zero-order valence-corrected chi connectivity index (χ0v) is 10.6. The molecule has 6 nitrogen and oxygen atoms in total. The van der Waals surface area contributed by atoms with Crippen molar-refractivity contribution in [2.45, 2.75) is 6.54 Å². The minimum absolute atomic E-state index is 0.107. The van der Waals surface area contributed by atoms with Gasteiger partial charge in [0.2, 0.25) is 5.13 Å². The molecule has 1 aromatic heterocycles. The molecule has 0 aliphatic heterocycles. The van der Waals surface area contributed by atoms with Crippen LogP contribution in [0.5, 0.6) is 0 Å². The third-order valence-corrected chi connectivity index (χ3v) is 3.21. The van der Waals surface area contributed by atoms with Gasteiger partial charge in [0.1, 0.15) is 6.33 Å². The molecule has 1 heterocycles. The minimum Gasteiger partial charge on any atom is -0.409 e. The van der Waals surface area contributed by atoms with Crippen molar-refractivity contribution >= 4 is 22.5 Å². The first kappa shape index (κ1) is 12.3. The van der Waals surface area contributed by atoms with E-state index in [0.717, 1.165) is 10.7 Å². The molecule has 1 aromatic carbocycles. The van der Waals surface area contributed by atoms with Gasteiger partial charge < -0.3 is 15.8 Å². The van der Waals surface area contributed by atoms with Crippen LogP contribution in [-0.2, 0) is 6.54 Å². The largest absolute Gasteiger partial charge is 0.409 e. The predicted octanol–water partition coefficient (Wildman–Crippen LogP) is 1.27. The van der Waals surface area contributed by atoms with Crippen molar-refractivity contribution in [3.05, 3.63) is 41.7 Å². The van der Waals surface area contributed by atoms with Crippen LogP contribution < -0.4 is 10.6 Å². The minimum atomic E-state index is 0.107. The molecule has 0 amide bonds. The Morgan fingerprint density at radius 2 is 2.39 bits per heavy atom. The Bertz CT molecular complexity index is 540. The van der Waals surface area contributed by atoms with E-state index in [4.69, 9.17) is 10.9 Å². The Balaban J connectivity index is 2.15. The van der Waals surface area contributed by atoms with Gasteiger partial charge in [-0.2, -0.15) is 4.37 Å². The fraction of sp³-hybridized carbons (Fsp3) is 0.182. The lowest BCUT2D eigenvalue weighted by atomic mass is 10.1. The molecule has 0 saturated heterocycles. The molecule has 0 fully saturated rings. The van der Waals surface area contributed by atoms with E-state index in [-0.39, 0.29) is 5.84 Å². The molecular formula is C11H13N5OS. The molecule has 18 heavy (non-hydrogen) atoms. The van der Waals surface area contributed by atoms with Crippen LogP contribution in [0.4, 0.5) is 5.13 Å². The van der Waals surface area contributed by atoms with Gasteiger partial charge in [-0.1, -0.05) is 23.4 Å². The number of amidine groups is 1. The molecule has 0 aliphatic rings. The van der Waals surface area contributed by atoms with Crippen molar-refractivity contribution in [2.75, 3.05) is 11.9 Å². The van der Waals surface area contributed by atoms with E-state index in [1.54, 1.807) is 6.07 Å². The Morgan fingerprint density at radius 3 is 3.06 bits per heavy atom. The lowest BCUT2D eigenvalue weighted by Gasteiger charge is -2.15. The van der Waals surface area contributed by atoms with Gasteiger partial charge in [-0.05, 0) is 11.6 Å². The maximum atomic E-state index is 8.65. The van der Waals surface area contributed by atoms with Crippen LogP contribution in [-0.4, -0.2) is 27.4 Å². The molecule has 0 saturated carbocycles. The quantitative estimate of drug-likeness (QED) is 0.375. The van der Waals surface area contributed by atoms with Crippen molar-refractivity contribution in [2.24, 2.45) is 10.9 Å². The van der Waals surface area contributed by atoms with Crippen LogP contribution in [0.25, 0.3) is 0 Å². The fourth-order valence-electron chi connectivity index (χ4n) is 1.56. The normalized spacial score (nSPS) is 11.5. The summed E-state index contributed by atoms with van der Waals surface area (Å²) in [5, 5.41) is 12.5. The second-order valence-corrected chi connectivity index (χ2v) is 4.52. The highest BCUT2D eigenvalue weighted by Crippen LogP contribution is 2.16. The topological polar surface area (TPSA) is 87.6 Å². The van der Waals surface area contributed by atoms with E-state index in [0.29, 0.717) is 12.1 Å². The summed E-state index contributed by atoms with van der Waals surface area (Å²) in [7, 11) is 1.94. The Morgan fingerprint density at radius 1 is 1.56 bits per heavy atom. The molecule has 2 aromatic rings. The van der Waals surface area contributed by atoms with Crippen LogP contribution in [0.3, 0.4) is 0 Å². The number of hydrogen-bond acceptors (Lipinski definition) is 6. The van der Waals surface area contributed by atoms with Gasteiger partial charge in [-0.25, -0.2) is 4.98 Å². The molecule has 94 valence electrons. The lowest BCUT2D eigenvalue weighted by molar-refractivity contribution is 0.318. The van der Waals surface area contributed by atoms with E-state index in [9.17, 15) is 0 Å². The van der Waals surface area contributed by atoms with Gasteiger partial charge >= 0.3 is 0 Å². The average Bonchev–Trinajstić information content (AvgIpc) is 2.92. The molecule has 7 heteroatoms. The van der Waals surface area contributed by atoms with Gasteiger partial charge in [-0.3, -0.25) is 0 Å². The number of rotatable bonds is 4. The molecular weight excluding hydrogens is 250 g/mol. The monoisotopic (exact) mass is 263 g/mol. The Kier molecular flexibility index (Phi) is 3.73. The van der Waals surface area contributed by atoms with Gasteiger partial charge in [0.25, 0.3) is 0 Å². The SMILES string of the molecule is CN(Cc1cccc(C(N)=NO)c1)c1ncns1. The molecule has 2 rings (SSSR count). The number of oxime groups is 1. The van der Waals surface area contributed by atoms with Crippen molar-refractivity contribution in [1.82, 2.24) is 9.36 Å². The molecule has 0 unspecified atom stereocenters. The van der Waals surface area contributed by atoms with Crippen LogP contribution >= 0.6 is 11.5 Å². The van der Waals surface area contributed by atoms with E-state index in [1.165, 1.54) is 17.9 Å². The zero-order chi connectivity index (χ0) is 13.0. The molecule has 0 radical (unpaired) electrons. The molecule has 0 spiro atoms. The lowest BCUT2D eigenvalue weighted by Crippen LogP contribution is -2.17. The first-order valence-electron chi connectivity index (χ1n) is 5.25. The summed E-state index contributed by atoms with van der Waals surface area (Å²) in [6.07, 6.45) is 1.53. The summed E-state index contributed by atoms with van der Waals surface area (Å²) >= 11 is 1.34. The van der Waals surface area contributed by atoms with E-state index < -0.39 is 0 Å². The zero-order valence-electron chi connectivity index (χ0n) is 9.82. The summed E-state index contributed by atoms with van der Waals surface area (Å²) in [5.74, 6) is 0.107. The van der Waals surface area contributed by atoms with Gasteiger partial charge in [0, 0.05) is 30.7 Å². The van der Waals surface area contributed by atoms with Crippen molar-refractivity contribution < 1.29 is 5.21 Å². The van der Waals surface area contributed by atoms with Gasteiger partial charge in [0.15, 0.2) is 5.84 Å². The number of nitrogens with zero attached hydrogens (tertiary/aromatic N) is 4. The fourth-order valence-corrected chi connectivity index (χ4v) is 2.05. The molecule has 0 atom stereocenters. The second-order valence-electron chi connectivity index (χ2n) is 3.77. The number of anilines is 1. The van der Waals surface area contributed by atoms with Crippen molar-refractivity contribution in [3.63, 3.8) is 0 Å². The second kappa shape index (κ2) is 5.46. The highest BCUT2D eigenvalue weighted by Gasteiger charge is 2.06. The molecule has 3 N–H and O–H groups in total. The summed E-state index contributed by atoms with van der Waals surface area (Å²) in [4.78, 5) is 6.12. The number of nitrogens with two attached hydrogens (primary N) is 1. The summed E-state index contributed by atoms with van der Waals surface area (Å²) in [5.41, 5.74) is 7.30. The van der Waals surface area contributed by atoms with Crippen LogP contribution in [0, 0.1) is 0 Å². The number of hydrogen-bond donors (Lipinski definition) is 2. The predicted molar refractivity (Wildman–Crippen MR) is 71.0 cm³/mol. The van der Waals surface area contributed by atoms with E-state index >= 15 is 0 Å². The maximum Gasteiger partial charge on any atom is 0.204 e. The highest BCUT2D eigenvalue weighted by atomic mass is 32.1. The number of aromatic nitrogens is 2. The van der Waals surface area contributed by atoms with Gasteiger partial charge in [-0.15, -0.1) is 0 Å². The third-order valence-electron chi connectivity index (χ3n) is 2.43. The first-order valence-corrected chi connectivity index (χ1v) is 6.02. The van der Waals surface area contributed by atoms with E-state index in [1.807, 2.05) is 30.1 Å². The van der Waals surface area contributed by atoms with Crippen LogP contribution in [0.2, 0.25) is 0 Å². The Hall–Kier alpha value is -2.15.